The highest BCUT2D eigenvalue weighted by Crippen LogP contribution is 2.13. The van der Waals surface area contributed by atoms with Gasteiger partial charge in [-0.2, -0.15) is 0 Å². The Balaban J connectivity index is 1.94. The van der Waals surface area contributed by atoms with Crippen LogP contribution in [0.25, 0.3) is 0 Å². The number of allylic oxidation sites excluding steroid dienone is 1. The summed E-state index contributed by atoms with van der Waals surface area (Å²) in [7, 11) is 0. The van der Waals surface area contributed by atoms with Crippen molar-refractivity contribution < 1.29 is 4.84 Å². The molecule has 13 heavy (non-hydrogen) atoms. The summed E-state index contributed by atoms with van der Waals surface area (Å²) in [5, 5.41) is 1.95. The minimum atomic E-state index is 0.856. The topological polar surface area (TPSA) is 12.5 Å². The van der Waals surface area contributed by atoms with E-state index >= 15 is 0 Å². The maximum atomic E-state index is 5.46. The predicted octanol–water partition coefficient (Wildman–Crippen LogP) is 2.34. The van der Waals surface area contributed by atoms with Crippen molar-refractivity contribution in [3.05, 3.63) is 47.7 Å². The number of hydrogen-bond donors (Lipinski definition) is 0. The lowest BCUT2D eigenvalue weighted by molar-refractivity contribution is -0.0980. The van der Waals surface area contributed by atoms with E-state index < -0.39 is 0 Å². The van der Waals surface area contributed by atoms with Crippen LogP contribution in [0.5, 0.6) is 0 Å². The van der Waals surface area contributed by atoms with Gasteiger partial charge in [0.05, 0.1) is 13.1 Å². The molecule has 0 saturated carbocycles. The second kappa shape index (κ2) is 3.62. The zero-order chi connectivity index (χ0) is 9.10. The van der Waals surface area contributed by atoms with Crippen molar-refractivity contribution in [2.45, 2.75) is 13.5 Å². The van der Waals surface area contributed by atoms with Crippen molar-refractivity contribution in [2.75, 3.05) is 6.54 Å². The number of nitrogens with zero attached hydrogens (tertiary/aromatic N) is 1. The first kappa shape index (κ1) is 8.32. The minimum absolute atomic E-state index is 0.856. The molecule has 1 aliphatic rings. The summed E-state index contributed by atoms with van der Waals surface area (Å²) in [5.74, 6) is 0.996. The maximum Gasteiger partial charge on any atom is 0.118 e. The van der Waals surface area contributed by atoms with Gasteiger partial charge in [-0.3, -0.25) is 0 Å². The summed E-state index contributed by atoms with van der Waals surface area (Å²) in [6.45, 7) is 3.72. The largest absolute Gasteiger partial charge is 0.410 e. The summed E-state index contributed by atoms with van der Waals surface area (Å²) in [6.07, 6.45) is 2.09. The van der Waals surface area contributed by atoms with Gasteiger partial charge in [0, 0.05) is 0 Å². The van der Waals surface area contributed by atoms with Crippen molar-refractivity contribution in [3.8, 4) is 0 Å². The highest BCUT2D eigenvalue weighted by Gasteiger charge is 2.11. The highest BCUT2D eigenvalue weighted by molar-refractivity contribution is 5.14. The molecule has 2 nitrogen and oxygen atoms in total. The molecule has 0 atom stereocenters. The molecule has 0 radical (unpaired) electrons. The van der Waals surface area contributed by atoms with Crippen LogP contribution in [-0.2, 0) is 11.4 Å². The third-order valence-electron chi connectivity index (χ3n) is 2.06. The highest BCUT2D eigenvalue weighted by atomic mass is 16.7. The molecule has 1 aromatic carbocycles. The number of hydrogen-bond acceptors (Lipinski definition) is 2. The van der Waals surface area contributed by atoms with Crippen LogP contribution in [0.2, 0.25) is 0 Å². The molecule has 0 amide bonds. The molecule has 0 aromatic heterocycles. The van der Waals surface area contributed by atoms with E-state index in [0.29, 0.717) is 0 Å². The average molecular weight is 175 g/mol. The summed E-state index contributed by atoms with van der Waals surface area (Å²) in [4.78, 5) is 5.46. The van der Waals surface area contributed by atoms with Crippen molar-refractivity contribution in [3.63, 3.8) is 0 Å². The van der Waals surface area contributed by atoms with E-state index in [1.807, 2.05) is 30.2 Å². The van der Waals surface area contributed by atoms with Crippen LogP contribution < -0.4 is 0 Å². The fraction of sp³-hybridized carbons (Fsp3) is 0.273. The Morgan fingerprint density at radius 1 is 1.31 bits per heavy atom. The quantitative estimate of drug-likeness (QED) is 0.684. The molecule has 1 aromatic rings. The van der Waals surface area contributed by atoms with Gasteiger partial charge in [-0.05, 0) is 18.6 Å². The third-order valence-corrected chi connectivity index (χ3v) is 2.06. The summed E-state index contributed by atoms with van der Waals surface area (Å²) < 4.78 is 0. The lowest BCUT2D eigenvalue weighted by Crippen LogP contribution is -2.17. The Bertz CT molecular complexity index is 305. The first-order valence-electron chi connectivity index (χ1n) is 4.48. The first-order valence-corrected chi connectivity index (χ1v) is 4.48. The molecule has 0 saturated heterocycles. The number of benzene rings is 1. The fourth-order valence-corrected chi connectivity index (χ4v) is 1.39. The number of hydroxylamine groups is 2. The van der Waals surface area contributed by atoms with E-state index in [1.165, 1.54) is 5.56 Å². The van der Waals surface area contributed by atoms with Crippen molar-refractivity contribution in [1.82, 2.24) is 5.06 Å². The van der Waals surface area contributed by atoms with Gasteiger partial charge in [0.25, 0.3) is 0 Å². The summed E-state index contributed by atoms with van der Waals surface area (Å²) in [6, 6.07) is 10.3. The Kier molecular flexibility index (Phi) is 2.32. The SMILES string of the molecule is CC1=CCN(Cc2ccccc2)O1. The summed E-state index contributed by atoms with van der Waals surface area (Å²) >= 11 is 0. The minimum Gasteiger partial charge on any atom is -0.410 e. The van der Waals surface area contributed by atoms with E-state index in [0.717, 1.165) is 18.8 Å². The van der Waals surface area contributed by atoms with Gasteiger partial charge in [0.2, 0.25) is 0 Å². The molecule has 0 aliphatic carbocycles. The number of rotatable bonds is 2. The van der Waals surface area contributed by atoms with Gasteiger partial charge in [-0.25, -0.2) is 0 Å². The monoisotopic (exact) mass is 175 g/mol. The van der Waals surface area contributed by atoms with E-state index in [4.69, 9.17) is 4.84 Å². The normalized spacial score (nSPS) is 16.8. The molecule has 0 N–H and O–H groups in total. The van der Waals surface area contributed by atoms with Crippen molar-refractivity contribution >= 4 is 0 Å². The van der Waals surface area contributed by atoms with Gasteiger partial charge in [0.15, 0.2) is 0 Å². The van der Waals surface area contributed by atoms with Crippen LogP contribution in [-0.4, -0.2) is 11.6 Å². The second-order valence-electron chi connectivity index (χ2n) is 3.21. The molecule has 0 spiro atoms. The van der Waals surface area contributed by atoms with Crippen LogP contribution in [0.15, 0.2) is 42.2 Å². The molecule has 1 aliphatic heterocycles. The molecular weight excluding hydrogens is 162 g/mol. The summed E-state index contributed by atoms with van der Waals surface area (Å²) in [5.41, 5.74) is 1.28. The maximum absolute atomic E-state index is 5.46. The van der Waals surface area contributed by atoms with Gasteiger partial charge >= 0.3 is 0 Å². The second-order valence-corrected chi connectivity index (χ2v) is 3.21. The Morgan fingerprint density at radius 3 is 2.69 bits per heavy atom. The fourth-order valence-electron chi connectivity index (χ4n) is 1.39. The van der Waals surface area contributed by atoms with Crippen LogP contribution in [0.1, 0.15) is 12.5 Å². The molecule has 0 bridgehead atoms. The van der Waals surface area contributed by atoms with E-state index in [1.54, 1.807) is 0 Å². The molecule has 2 heteroatoms. The Hall–Kier alpha value is -1.28. The zero-order valence-electron chi connectivity index (χ0n) is 7.73. The van der Waals surface area contributed by atoms with E-state index in [9.17, 15) is 0 Å². The molecule has 2 rings (SSSR count). The molecule has 68 valence electrons. The Morgan fingerprint density at radius 2 is 2.08 bits per heavy atom. The van der Waals surface area contributed by atoms with Gasteiger partial charge in [-0.1, -0.05) is 30.3 Å². The lowest BCUT2D eigenvalue weighted by atomic mass is 10.2. The average Bonchev–Trinajstić information content (AvgIpc) is 2.53. The zero-order valence-corrected chi connectivity index (χ0v) is 7.73. The smallest absolute Gasteiger partial charge is 0.118 e. The van der Waals surface area contributed by atoms with E-state index in [-0.39, 0.29) is 0 Å². The van der Waals surface area contributed by atoms with Crippen LogP contribution >= 0.6 is 0 Å². The third kappa shape index (κ3) is 2.10. The van der Waals surface area contributed by atoms with E-state index in [2.05, 4.69) is 18.2 Å². The van der Waals surface area contributed by atoms with Crippen molar-refractivity contribution in [2.24, 2.45) is 0 Å². The van der Waals surface area contributed by atoms with Gasteiger partial charge in [0.1, 0.15) is 5.76 Å². The predicted molar refractivity (Wildman–Crippen MR) is 51.7 cm³/mol. The van der Waals surface area contributed by atoms with Crippen molar-refractivity contribution in [1.29, 1.82) is 0 Å². The first-order chi connectivity index (χ1) is 6.34. The lowest BCUT2D eigenvalue weighted by Gasteiger charge is -2.15. The van der Waals surface area contributed by atoms with Gasteiger partial charge in [-0.15, -0.1) is 5.06 Å². The molecule has 0 unspecified atom stereocenters. The Labute approximate surface area is 78.4 Å². The molecule has 0 fully saturated rings. The standard InChI is InChI=1S/C11H13NO/c1-10-7-8-12(13-10)9-11-5-3-2-4-6-11/h2-7H,8-9H2,1H3. The molecular formula is C11H13NO. The van der Waals surface area contributed by atoms with Crippen LogP contribution in [0.4, 0.5) is 0 Å². The van der Waals surface area contributed by atoms with Gasteiger partial charge < -0.3 is 4.84 Å². The van der Waals surface area contributed by atoms with Crippen LogP contribution in [0.3, 0.4) is 0 Å². The molecule has 1 heterocycles. The van der Waals surface area contributed by atoms with Crippen LogP contribution in [0, 0.1) is 0 Å².